The average Bonchev–Trinajstić information content (AvgIpc) is 3.30. The predicted molar refractivity (Wildman–Crippen MR) is 106 cm³/mol. The minimum absolute atomic E-state index is 0.277. The van der Waals surface area contributed by atoms with Crippen LogP contribution in [-0.4, -0.2) is 41.6 Å². The van der Waals surface area contributed by atoms with Crippen LogP contribution in [0, 0.1) is 6.92 Å². The Morgan fingerprint density at radius 1 is 1.03 bits per heavy atom. The molecule has 0 aliphatic carbocycles. The molecule has 11 nitrogen and oxygen atoms in total. The van der Waals surface area contributed by atoms with Crippen LogP contribution >= 0.6 is 0 Å². The molecule has 0 atom stereocenters. The molecule has 0 saturated heterocycles. The topological polar surface area (TPSA) is 137 Å². The fourth-order valence-corrected chi connectivity index (χ4v) is 2.89. The van der Waals surface area contributed by atoms with Crippen LogP contribution in [0.15, 0.2) is 59.7 Å². The molecule has 0 spiro atoms. The highest BCUT2D eigenvalue weighted by Gasteiger charge is 2.13. The smallest absolute Gasteiger partial charge is 0.269 e. The maximum Gasteiger partial charge on any atom is 0.269 e. The summed E-state index contributed by atoms with van der Waals surface area (Å²) < 4.78 is 2.70. The minimum atomic E-state index is -0.559. The number of para-hydroxylation sites is 1. The van der Waals surface area contributed by atoms with Gasteiger partial charge in [-0.15, -0.1) is 5.10 Å². The van der Waals surface area contributed by atoms with Gasteiger partial charge in [0.1, 0.15) is 18.7 Å². The van der Waals surface area contributed by atoms with Crippen molar-refractivity contribution < 1.29 is 9.59 Å². The Kier molecular flexibility index (Phi) is 4.99. The second kappa shape index (κ2) is 7.91. The number of rotatable bonds is 4. The van der Waals surface area contributed by atoms with Crippen molar-refractivity contribution in [3.05, 3.63) is 76.6 Å². The van der Waals surface area contributed by atoms with Gasteiger partial charge in [0.25, 0.3) is 17.4 Å². The molecule has 0 unspecified atom stereocenters. The first-order valence-electron chi connectivity index (χ1n) is 8.92. The molecule has 2 heterocycles. The number of aromatic nitrogens is 6. The molecule has 0 fully saturated rings. The van der Waals surface area contributed by atoms with Gasteiger partial charge in [-0.2, -0.15) is 0 Å². The van der Waals surface area contributed by atoms with Crippen LogP contribution in [0.1, 0.15) is 16.2 Å². The van der Waals surface area contributed by atoms with Crippen molar-refractivity contribution in [1.82, 2.24) is 40.6 Å². The number of nitrogens with zero attached hydrogens (tertiary/aromatic N) is 6. The highest BCUT2D eigenvalue weighted by atomic mass is 16.2. The van der Waals surface area contributed by atoms with Gasteiger partial charge < -0.3 is 0 Å². The Balaban J connectivity index is 1.41. The third-order valence-corrected chi connectivity index (χ3v) is 4.41. The zero-order valence-electron chi connectivity index (χ0n) is 15.8. The molecule has 2 aromatic carbocycles. The van der Waals surface area contributed by atoms with E-state index in [0.717, 1.165) is 0 Å². The number of benzene rings is 2. The molecule has 2 N–H and O–H groups in total. The fourth-order valence-electron chi connectivity index (χ4n) is 2.89. The van der Waals surface area contributed by atoms with Gasteiger partial charge in [-0.25, -0.2) is 9.67 Å². The number of hydrogen-bond donors (Lipinski definition) is 2. The van der Waals surface area contributed by atoms with Gasteiger partial charge in [0.15, 0.2) is 0 Å². The molecule has 4 aromatic rings. The molecule has 0 radical (unpaired) electrons. The summed E-state index contributed by atoms with van der Waals surface area (Å²) in [5.41, 5.74) is 5.89. The normalized spacial score (nSPS) is 10.7. The van der Waals surface area contributed by atoms with E-state index in [1.54, 1.807) is 55.5 Å². The van der Waals surface area contributed by atoms with Crippen LogP contribution in [0.3, 0.4) is 0 Å². The summed E-state index contributed by atoms with van der Waals surface area (Å²) >= 11 is 0. The monoisotopic (exact) mass is 404 g/mol. The molecular formula is C19H16N8O3. The molecule has 0 saturated carbocycles. The number of tetrazole rings is 1. The average molecular weight is 404 g/mol. The van der Waals surface area contributed by atoms with Gasteiger partial charge in [0, 0.05) is 5.56 Å². The summed E-state index contributed by atoms with van der Waals surface area (Å²) in [6.07, 6.45) is 1.43. The van der Waals surface area contributed by atoms with Crippen molar-refractivity contribution in [1.29, 1.82) is 0 Å². The van der Waals surface area contributed by atoms with Crippen LogP contribution in [0.5, 0.6) is 0 Å². The van der Waals surface area contributed by atoms with Gasteiger partial charge in [0.2, 0.25) is 0 Å². The third kappa shape index (κ3) is 3.76. The quantitative estimate of drug-likeness (QED) is 0.462. The molecular weight excluding hydrogens is 388 g/mol. The Morgan fingerprint density at radius 3 is 2.53 bits per heavy atom. The lowest BCUT2D eigenvalue weighted by Crippen LogP contribution is -2.44. The second-order valence-electron chi connectivity index (χ2n) is 6.37. The number of hydrogen-bond acceptors (Lipinski definition) is 7. The van der Waals surface area contributed by atoms with E-state index >= 15 is 0 Å². The first kappa shape index (κ1) is 18.9. The van der Waals surface area contributed by atoms with Crippen LogP contribution < -0.4 is 16.4 Å². The van der Waals surface area contributed by atoms with E-state index in [-0.39, 0.29) is 12.1 Å². The van der Waals surface area contributed by atoms with Gasteiger partial charge in [-0.1, -0.05) is 12.1 Å². The van der Waals surface area contributed by atoms with Crippen molar-refractivity contribution in [2.75, 3.05) is 0 Å². The van der Waals surface area contributed by atoms with E-state index in [1.165, 1.54) is 15.6 Å². The lowest BCUT2D eigenvalue weighted by molar-refractivity contribution is -0.122. The first-order valence-corrected chi connectivity index (χ1v) is 8.92. The van der Waals surface area contributed by atoms with E-state index in [1.807, 2.05) is 0 Å². The fraction of sp³-hybridized carbons (Fsp3) is 0.105. The van der Waals surface area contributed by atoms with Crippen molar-refractivity contribution in [3.8, 4) is 5.69 Å². The largest absolute Gasteiger partial charge is 0.287 e. The summed E-state index contributed by atoms with van der Waals surface area (Å²) in [5, 5.41) is 11.3. The molecule has 2 amide bonds. The van der Waals surface area contributed by atoms with E-state index in [2.05, 4.69) is 31.4 Å². The van der Waals surface area contributed by atoms with Crippen LogP contribution in [0.2, 0.25) is 0 Å². The van der Waals surface area contributed by atoms with Crippen molar-refractivity contribution >= 4 is 22.7 Å². The molecule has 2 aromatic heterocycles. The summed E-state index contributed by atoms with van der Waals surface area (Å²) in [6, 6.07) is 13.4. The van der Waals surface area contributed by atoms with Gasteiger partial charge in [0.05, 0.1) is 16.6 Å². The Bertz CT molecular complexity index is 1280. The Morgan fingerprint density at radius 2 is 1.80 bits per heavy atom. The third-order valence-electron chi connectivity index (χ3n) is 4.41. The van der Waals surface area contributed by atoms with Crippen LogP contribution in [-0.2, 0) is 11.3 Å². The zero-order chi connectivity index (χ0) is 21.1. The van der Waals surface area contributed by atoms with E-state index < -0.39 is 11.8 Å². The Hall–Kier alpha value is -4.41. The summed E-state index contributed by atoms with van der Waals surface area (Å²) in [6.45, 7) is 1.37. The Labute approximate surface area is 169 Å². The standard InChI is InChI=1S/C19H16N8O3/c1-12-21-16-5-3-2-4-15(16)19(30)26(12)10-17(28)22-23-18(29)13-6-8-14(9-7-13)27-11-20-24-25-27/h2-9,11H,10H2,1H3,(H,22,28)(H,23,29). The number of aryl methyl sites for hydroxylation is 1. The zero-order valence-corrected chi connectivity index (χ0v) is 15.8. The molecule has 4 rings (SSSR count). The molecule has 11 heteroatoms. The van der Waals surface area contributed by atoms with Gasteiger partial charge >= 0.3 is 0 Å². The summed E-state index contributed by atoms with van der Waals surface area (Å²) in [4.78, 5) is 41.5. The van der Waals surface area contributed by atoms with Gasteiger partial charge in [-0.3, -0.25) is 29.8 Å². The number of hydrazine groups is 1. The minimum Gasteiger partial charge on any atom is -0.287 e. The number of amides is 2. The predicted octanol–water partition coefficient (Wildman–Crippen LogP) is 0.142. The van der Waals surface area contributed by atoms with E-state index in [4.69, 9.17) is 0 Å². The molecule has 0 aliphatic heterocycles. The maximum absolute atomic E-state index is 12.6. The highest BCUT2D eigenvalue weighted by Crippen LogP contribution is 2.08. The number of fused-ring (bicyclic) bond motifs is 1. The second-order valence-corrected chi connectivity index (χ2v) is 6.37. The molecule has 150 valence electrons. The van der Waals surface area contributed by atoms with Crippen LogP contribution in [0.4, 0.5) is 0 Å². The SMILES string of the molecule is Cc1nc2ccccc2c(=O)n1CC(=O)NNC(=O)c1ccc(-n2cnnn2)cc1. The molecule has 30 heavy (non-hydrogen) atoms. The number of carbonyl (C=O) groups excluding carboxylic acids is 2. The number of nitrogens with one attached hydrogen (secondary N) is 2. The summed E-state index contributed by atoms with van der Waals surface area (Å²) in [5.74, 6) is -0.665. The van der Waals surface area contributed by atoms with Crippen molar-refractivity contribution in [3.63, 3.8) is 0 Å². The highest BCUT2D eigenvalue weighted by molar-refractivity contribution is 5.95. The van der Waals surface area contributed by atoms with Gasteiger partial charge in [-0.05, 0) is 53.7 Å². The lowest BCUT2D eigenvalue weighted by atomic mass is 10.2. The van der Waals surface area contributed by atoms with Crippen LogP contribution in [0.25, 0.3) is 16.6 Å². The van der Waals surface area contributed by atoms with Crippen molar-refractivity contribution in [2.45, 2.75) is 13.5 Å². The number of carbonyl (C=O) groups is 2. The maximum atomic E-state index is 12.6. The van der Waals surface area contributed by atoms with E-state index in [0.29, 0.717) is 28.0 Å². The first-order chi connectivity index (χ1) is 14.5. The summed E-state index contributed by atoms with van der Waals surface area (Å²) in [7, 11) is 0. The molecule has 0 bridgehead atoms. The van der Waals surface area contributed by atoms with E-state index in [9.17, 15) is 14.4 Å². The molecule has 0 aliphatic rings. The lowest BCUT2D eigenvalue weighted by Gasteiger charge is -2.12. The van der Waals surface area contributed by atoms with Crippen molar-refractivity contribution in [2.24, 2.45) is 0 Å².